The van der Waals surface area contributed by atoms with E-state index in [1.54, 1.807) is 14.0 Å². The van der Waals surface area contributed by atoms with E-state index in [2.05, 4.69) is 34.1 Å². The van der Waals surface area contributed by atoms with Crippen LogP contribution >= 0.6 is 11.8 Å². The van der Waals surface area contributed by atoms with Crippen molar-refractivity contribution in [1.29, 1.82) is 0 Å². The predicted molar refractivity (Wildman–Crippen MR) is 168 cm³/mol. The predicted octanol–water partition coefficient (Wildman–Crippen LogP) is 8.77. The van der Waals surface area contributed by atoms with E-state index in [1.165, 1.54) is 106 Å². The van der Waals surface area contributed by atoms with Gasteiger partial charge in [-0.25, -0.2) is 19.4 Å². The summed E-state index contributed by atoms with van der Waals surface area (Å²) in [6.07, 6.45) is 28.3. The van der Waals surface area contributed by atoms with Gasteiger partial charge in [-0.3, -0.25) is 4.79 Å². The number of thioether (sulfide) groups is 1. The third-order valence-electron chi connectivity index (χ3n) is 7.11. The molecule has 2 rings (SSSR count). The van der Waals surface area contributed by atoms with Crippen molar-refractivity contribution < 1.29 is 19.1 Å². The van der Waals surface area contributed by atoms with Gasteiger partial charge in [-0.1, -0.05) is 108 Å². The second-order valence-corrected chi connectivity index (χ2v) is 11.4. The number of aromatic nitrogens is 4. The number of hydrogen-bond donors (Lipinski definition) is 0. The highest BCUT2D eigenvalue weighted by atomic mass is 32.2. The van der Waals surface area contributed by atoms with Crippen molar-refractivity contribution in [2.75, 3.05) is 12.9 Å². The third kappa shape index (κ3) is 13.4. The van der Waals surface area contributed by atoms with E-state index in [0.717, 1.165) is 19.3 Å². The van der Waals surface area contributed by atoms with Gasteiger partial charge >= 0.3 is 11.9 Å². The maximum Gasteiger partial charge on any atom is 0.359 e. The standard InChI is InChI=1S/C32H52N4O4S/c1-5-7-8-9-10-11-12-13-14-15-16-17-18-19-20-21-22-23-24-25-26(37)40-30-28-27(35-36(30)3)29(31(38)39-6-2)34-32(33-28)41-4/h13-14H,5-12,15-25H2,1-4H3. The van der Waals surface area contributed by atoms with Gasteiger partial charge in [0.2, 0.25) is 5.88 Å². The molecule has 0 fully saturated rings. The van der Waals surface area contributed by atoms with Crippen molar-refractivity contribution in [2.45, 2.75) is 135 Å². The highest BCUT2D eigenvalue weighted by Gasteiger charge is 2.24. The first-order valence-electron chi connectivity index (χ1n) is 15.8. The van der Waals surface area contributed by atoms with E-state index in [1.807, 2.05) is 6.26 Å². The van der Waals surface area contributed by atoms with Gasteiger partial charge in [0.25, 0.3) is 0 Å². The number of allylic oxidation sites excluding steroid dienone is 2. The molecule has 2 aromatic heterocycles. The molecule has 0 atom stereocenters. The van der Waals surface area contributed by atoms with E-state index in [4.69, 9.17) is 9.47 Å². The first-order chi connectivity index (χ1) is 20.0. The van der Waals surface area contributed by atoms with E-state index >= 15 is 0 Å². The largest absolute Gasteiger partial charge is 0.461 e. The minimum absolute atomic E-state index is 0.0785. The summed E-state index contributed by atoms with van der Waals surface area (Å²) in [7, 11) is 1.66. The topological polar surface area (TPSA) is 96.2 Å². The number of unbranched alkanes of at least 4 members (excludes halogenated alkanes) is 15. The molecule has 0 aromatic carbocycles. The molecule has 230 valence electrons. The van der Waals surface area contributed by atoms with Crippen molar-refractivity contribution in [3.05, 3.63) is 17.8 Å². The SMILES string of the molecule is CCCCCCCCC=CCCCCCCCCCCCC(=O)Oc1c2nc(SC)nc(C(=O)OCC)c2nn1C. The summed E-state index contributed by atoms with van der Waals surface area (Å²) in [4.78, 5) is 33.6. The molecule has 0 bridgehead atoms. The van der Waals surface area contributed by atoms with Crippen LogP contribution in [0.5, 0.6) is 5.88 Å². The molecule has 0 spiro atoms. The summed E-state index contributed by atoms with van der Waals surface area (Å²) < 4.78 is 12.2. The lowest BCUT2D eigenvalue weighted by Gasteiger charge is -2.06. The highest BCUT2D eigenvalue weighted by Crippen LogP contribution is 2.28. The second kappa shape index (κ2) is 21.3. The summed E-state index contributed by atoms with van der Waals surface area (Å²) in [6.45, 7) is 4.23. The Bertz CT molecular complexity index is 1070. The van der Waals surface area contributed by atoms with Crippen LogP contribution in [0.4, 0.5) is 0 Å². The van der Waals surface area contributed by atoms with Gasteiger partial charge in [-0.15, -0.1) is 0 Å². The van der Waals surface area contributed by atoms with Crippen molar-refractivity contribution in [1.82, 2.24) is 19.7 Å². The summed E-state index contributed by atoms with van der Waals surface area (Å²) in [6, 6.07) is 0. The average molecular weight is 589 g/mol. The van der Waals surface area contributed by atoms with Crippen LogP contribution < -0.4 is 4.74 Å². The summed E-state index contributed by atoms with van der Waals surface area (Å²) in [5, 5.41) is 4.72. The maximum absolute atomic E-state index is 12.6. The fraction of sp³-hybridized carbons (Fsp3) is 0.719. The van der Waals surface area contributed by atoms with Crippen LogP contribution in [0.2, 0.25) is 0 Å². The van der Waals surface area contributed by atoms with Crippen molar-refractivity contribution in [2.24, 2.45) is 7.05 Å². The Balaban J connectivity index is 1.56. The molecule has 0 amide bonds. The Morgan fingerprint density at radius 2 is 1.34 bits per heavy atom. The lowest BCUT2D eigenvalue weighted by molar-refractivity contribution is -0.134. The van der Waals surface area contributed by atoms with Gasteiger partial charge in [0.1, 0.15) is 5.52 Å². The van der Waals surface area contributed by atoms with Gasteiger partial charge in [0.05, 0.1) is 6.61 Å². The summed E-state index contributed by atoms with van der Waals surface area (Å²) in [5.41, 5.74) is 0.689. The van der Waals surface area contributed by atoms with Crippen molar-refractivity contribution in [3.63, 3.8) is 0 Å². The van der Waals surface area contributed by atoms with Crippen LogP contribution in [0.3, 0.4) is 0 Å². The van der Waals surface area contributed by atoms with Crippen molar-refractivity contribution >= 4 is 34.7 Å². The number of rotatable bonds is 23. The molecule has 8 nitrogen and oxygen atoms in total. The van der Waals surface area contributed by atoms with Crippen LogP contribution in [0, 0.1) is 0 Å². The molecular weight excluding hydrogens is 536 g/mol. The minimum Gasteiger partial charge on any atom is -0.461 e. The monoisotopic (exact) mass is 588 g/mol. The lowest BCUT2D eigenvalue weighted by atomic mass is 10.1. The molecule has 0 aliphatic carbocycles. The zero-order chi connectivity index (χ0) is 29.7. The Labute approximate surface area is 251 Å². The average Bonchev–Trinajstić information content (AvgIpc) is 3.28. The van der Waals surface area contributed by atoms with Crippen LogP contribution in [0.1, 0.15) is 140 Å². The molecule has 0 aliphatic heterocycles. The van der Waals surface area contributed by atoms with Gasteiger partial charge in [0.15, 0.2) is 16.4 Å². The number of carbonyl (C=O) groups is 2. The fourth-order valence-corrected chi connectivity index (χ4v) is 5.15. The van der Waals surface area contributed by atoms with Gasteiger partial charge < -0.3 is 9.47 Å². The van der Waals surface area contributed by atoms with Crippen LogP contribution in [-0.2, 0) is 16.6 Å². The number of esters is 2. The molecule has 2 heterocycles. The first-order valence-corrected chi connectivity index (χ1v) is 17.1. The van der Waals surface area contributed by atoms with E-state index in [9.17, 15) is 9.59 Å². The minimum atomic E-state index is -0.572. The maximum atomic E-state index is 12.6. The molecule has 0 N–H and O–H groups in total. The molecule has 0 unspecified atom stereocenters. The molecule has 0 radical (unpaired) electrons. The Hall–Kier alpha value is -2.42. The molecule has 0 saturated heterocycles. The Kier molecular flexibility index (Phi) is 18.1. The van der Waals surface area contributed by atoms with Gasteiger partial charge in [-0.05, 0) is 45.3 Å². The van der Waals surface area contributed by atoms with Crippen LogP contribution in [0.25, 0.3) is 11.0 Å². The first kappa shape index (κ1) is 34.8. The summed E-state index contributed by atoms with van der Waals surface area (Å²) in [5.74, 6) is -0.670. The van der Waals surface area contributed by atoms with Crippen LogP contribution in [0.15, 0.2) is 17.3 Å². The molecule has 9 heteroatoms. The Morgan fingerprint density at radius 1 is 0.780 bits per heavy atom. The van der Waals surface area contributed by atoms with Crippen molar-refractivity contribution in [3.8, 4) is 5.88 Å². The van der Waals surface area contributed by atoms with E-state index in [-0.39, 0.29) is 29.7 Å². The van der Waals surface area contributed by atoms with Crippen LogP contribution in [-0.4, -0.2) is 44.5 Å². The Morgan fingerprint density at radius 3 is 1.90 bits per heavy atom. The van der Waals surface area contributed by atoms with Gasteiger partial charge in [0, 0.05) is 13.5 Å². The normalized spacial score (nSPS) is 11.5. The quantitative estimate of drug-likeness (QED) is 0.0418. The lowest BCUT2D eigenvalue weighted by Crippen LogP contribution is -2.11. The van der Waals surface area contributed by atoms with E-state index in [0.29, 0.717) is 17.1 Å². The number of fused-ring (bicyclic) bond motifs is 1. The smallest absolute Gasteiger partial charge is 0.359 e. The highest BCUT2D eigenvalue weighted by molar-refractivity contribution is 7.98. The number of carbonyl (C=O) groups excluding carboxylic acids is 2. The number of aryl methyl sites for hydroxylation is 1. The fourth-order valence-electron chi connectivity index (χ4n) is 4.78. The molecule has 0 aliphatic rings. The number of hydrogen-bond acceptors (Lipinski definition) is 8. The summed E-state index contributed by atoms with van der Waals surface area (Å²) >= 11 is 1.29. The van der Waals surface area contributed by atoms with E-state index < -0.39 is 5.97 Å². The zero-order valence-electron chi connectivity index (χ0n) is 25.9. The molecule has 0 saturated carbocycles. The molecular formula is C32H52N4O4S. The zero-order valence-corrected chi connectivity index (χ0v) is 26.7. The number of ether oxygens (including phenoxy) is 2. The molecule has 2 aromatic rings. The molecule has 41 heavy (non-hydrogen) atoms. The van der Waals surface area contributed by atoms with Gasteiger partial charge in [-0.2, -0.15) is 5.10 Å². The number of nitrogens with zero attached hydrogens (tertiary/aromatic N) is 4. The third-order valence-corrected chi connectivity index (χ3v) is 7.66. The second-order valence-electron chi connectivity index (χ2n) is 10.6.